The molecule has 0 aliphatic heterocycles. The first-order chi connectivity index (χ1) is 6.86. The maximum atomic E-state index is 5.42. The van der Waals surface area contributed by atoms with E-state index in [4.69, 9.17) is 5.73 Å². The molecular weight excluding hydrogens is 174 g/mol. The highest BCUT2D eigenvalue weighted by atomic mass is 14.9. The van der Waals surface area contributed by atoms with E-state index in [9.17, 15) is 0 Å². The minimum Gasteiger partial charge on any atom is -0.324 e. The second-order valence-electron chi connectivity index (χ2n) is 2.58. The summed E-state index contributed by atoms with van der Waals surface area (Å²) in [7, 11) is 0. The summed E-state index contributed by atoms with van der Waals surface area (Å²) in [6, 6.07) is 1.83. The van der Waals surface area contributed by atoms with Gasteiger partial charge in [-0.05, 0) is 12.1 Å². The van der Waals surface area contributed by atoms with E-state index in [1.54, 1.807) is 12.3 Å². The molecule has 0 radical (unpaired) electrons. The molecule has 0 aliphatic carbocycles. The van der Waals surface area contributed by atoms with Crippen LogP contribution in [0.5, 0.6) is 0 Å². The van der Waals surface area contributed by atoms with Gasteiger partial charge in [-0.3, -0.25) is 0 Å². The normalized spacial score (nSPS) is 11.2. The third kappa shape index (κ3) is 3.33. The van der Waals surface area contributed by atoms with Gasteiger partial charge in [0.1, 0.15) is 5.82 Å². The van der Waals surface area contributed by atoms with Gasteiger partial charge in [-0.2, -0.15) is 0 Å². The van der Waals surface area contributed by atoms with Gasteiger partial charge in [0, 0.05) is 6.20 Å². The SMILES string of the molecule is C=C/C=C\C=C\c1ccnc(CN)n1. The molecule has 3 nitrogen and oxygen atoms in total. The number of hydrogen-bond donors (Lipinski definition) is 1. The molecule has 3 heteroatoms. The lowest BCUT2D eigenvalue weighted by Gasteiger charge is -1.95. The first kappa shape index (κ1) is 10.3. The molecule has 14 heavy (non-hydrogen) atoms. The molecule has 1 rings (SSSR count). The Morgan fingerprint density at radius 3 is 2.93 bits per heavy atom. The third-order valence-electron chi connectivity index (χ3n) is 1.53. The maximum absolute atomic E-state index is 5.42. The van der Waals surface area contributed by atoms with Gasteiger partial charge in [-0.25, -0.2) is 9.97 Å². The fourth-order valence-electron chi connectivity index (χ4n) is 0.903. The summed E-state index contributed by atoms with van der Waals surface area (Å²) in [5.74, 6) is 0.653. The monoisotopic (exact) mass is 187 g/mol. The molecule has 0 aliphatic rings. The van der Waals surface area contributed by atoms with Crippen LogP contribution in [0.25, 0.3) is 6.08 Å². The van der Waals surface area contributed by atoms with Crippen molar-refractivity contribution in [3.05, 3.63) is 54.7 Å². The minimum absolute atomic E-state index is 0.365. The summed E-state index contributed by atoms with van der Waals surface area (Å²) in [6.07, 6.45) is 10.9. The Morgan fingerprint density at radius 1 is 1.36 bits per heavy atom. The van der Waals surface area contributed by atoms with Gasteiger partial charge < -0.3 is 5.73 Å². The minimum atomic E-state index is 0.365. The van der Waals surface area contributed by atoms with Crippen LogP contribution in [-0.4, -0.2) is 9.97 Å². The Kier molecular flexibility index (Phi) is 4.31. The highest BCUT2D eigenvalue weighted by Gasteiger charge is 1.91. The number of nitrogens with two attached hydrogens (primary N) is 1. The molecule has 0 spiro atoms. The average molecular weight is 187 g/mol. The second-order valence-corrected chi connectivity index (χ2v) is 2.58. The predicted octanol–water partition coefficient (Wildman–Crippen LogP) is 1.69. The van der Waals surface area contributed by atoms with E-state index >= 15 is 0 Å². The van der Waals surface area contributed by atoms with Crippen molar-refractivity contribution in [1.82, 2.24) is 9.97 Å². The van der Waals surface area contributed by atoms with Crippen LogP contribution in [0.15, 0.2) is 43.1 Å². The topological polar surface area (TPSA) is 51.8 Å². The van der Waals surface area contributed by atoms with Crippen molar-refractivity contribution >= 4 is 6.08 Å². The Bertz CT molecular complexity index is 353. The van der Waals surface area contributed by atoms with Gasteiger partial charge >= 0.3 is 0 Å². The van der Waals surface area contributed by atoms with Crippen molar-refractivity contribution in [1.29, 1.82) is 0 Å². The fourth-order valence-corrected chi connectivity index (χ4v) is 0.903. The van der Waals surface area contributed by atoms with Crippen LogP contribution in [0, 0.1) is 0 Å². The molecule has 0 amide bonds. The van der Waals surface area contributed by atoms with Crippen molar-refractivity contribution < 1.29 is 0 Å². The molecule has 0 atom stereocenters. The number of nitrogens with zero attached hydrogens (tertiary/aromatic N) is 2. The first-order valence-electron chi connectivity index (χ1n) is 4.34. The highest BCUT2D eigenvalue weighted by Crippen LogP contribution is 1.98. The van der Waals surface area contributed by atoms with Crippen LogP contribution >= 0.6 is 0 Å². The maximum Gasteiger partial charge on any atom is 0.142 e. The zero-order chi connectivity index (χ0) is 10.2. The quantitative estimate of drug-likeness (QED) is 0.730. The van der Waals surface area contributed by atoms with E-state index in [-0.39, 0.29) is 0 Å². The van der Waals surface area contributed by atoms with E-state index in [1.165, 1.54) is 0 Å². The molecule has 0 saturated carbocycles. The Labute approximate surface area is 83.7 Å². The van der Waals surface area contributed by atoms with Crippen LogP contribution in [0.3, 0.4) is 0 Å². The van der Waals surface area contributed by atoms with Crippen LogP contribution < -0.4 is 5.73 Å². The lowest BCUT2D eigenvalue weighted by Crippen LogP contribution is -2.02. The Morgan fingerprint density at radius 2 is 2.21 bits per heavy atom. The zero-order valence-electron chi connectivity index (χ0n) is 7.93. The zero-order valence-corrected chi connectivity index (χ0v) is 7.93. The Hall–Kier alpha value is -1.74. The van der Waals surface area contributed by atoms with Gasteiger partial charge in [0.15, 0.2) is 0 Å². The number of rotatable bonds is 4. The number of aromatic nitrogens is 2. The van der Waals surface area contributed by atoms with E-state index in [2.05, 4.69) is 16.5 Å². The Balaban J connectivity index is 2.71. The molecule has 0 aromatic carbocycles. The number of hydrogen-bond acceptors (Lipinski definition) is 3. The summed E-state index contributed by atoms with van der Waals surface area (Å²) in [5, 5.41) is 0. The van der Waals surface area contributed by atoms with E-state index in [0.717, 1.165) is 5.69 Å². The molecule has 0 saturated heterocycles. The average Bonchev–Trinajstić information content (AvgIpc) is 2.25. The van der Waals surface area contributed by atoms with E-state index in [1.807, 2.05) is 30.4 Å². The molecule has 0 unspecified atom stereocenters. The first-order valence-corrected chi connectivity index (χ1v) is 4.34. The molecule has 72 valence electrons. The van der Waals surface area contributed by atoms with Gasteiger partial charge in [0.05, 0.1) is 12.2 Å². The van der Waals surface area contributed by atoms with Crippen LogP contribution in [0.4, 0.5) is 0 Å². The summed E-state index contributed by atoms with van der Waals surface area (Å²) in [5.41, 5.74) is 6.27. The van der Waals surface area contributed by atoms with Crippen LogP contribution in [0.1, 0.15) is 11.5 Å². The van der Waals surface area contributed by atoms with Gasteiger partial charge in [0.2, 0.25) is 0 Å². The highest BCUT2D eigenvalue weighted by molar-refractivity contribution is 5.46. The fraction of sp³-hybridized carbons (Fsp3) is 0.0909. The van der Waals surface area contributed by atoms with Gasteiger partial charge in [0.25, 0.3) is 0 Å². The second kappa shape index (κ2) is 5.83. The van der Waals surface area contributed by atoms with E-state index in [0.29, 0.717) is 12.4 Å². The predicted molar refractivity (Wildman–Crippen MR) is 58.3 cm³/mol. The molecule has 1 heterocycles. The summed E-state index contributed by atoms with van der Waals surface area (Å²) in [4.78, 5) is 8.20. The summed E-state index contributed by atoms with van der Waals surface area (Å²) < 4.78 is 0. The molecule has 1 aromatic heterocycles. The van der Waals surface area contributed by atoms with Crippen molar-refractivity contribution in [3.8, 4) is 0 Å². The lowest BCUT2D eigenvalue weighted by atomic mass is 10.3. The molecular formula is C11H13N3. The molecule has 0 bridgehead atoms. The van der Waals surface area contributed by atoms with E-state index < -0.39 is 0 Å². The van der Waals surface area contributed by atoms with Crippen molar-refractivity contribution in [2.45, 2.75) is 6.54 Å². The molecule has 2 N–H and O–H groups in total. The molecule has 1 aromatic rings. The van der Waals surface area contributed by atoms with Crippen LogP contribution in [-0.2, 0) is 6.54 Å². The number of allylic oxidation sites excluding steroid dienone is 4. The summed E-state index contributed by atoms with van der Waals surface area (Å²) in [6.45, 7) is 3.94. The lowest BCUT2D eigenvalue weighted by molar-refractivity contribution is 0.904. The van der Waals surface area contributed by atoms with Gasteiger partial charge in [-0.15, -0.1) is 0 Å². The summed E-state index contributed by atoms with van der Waals surface area (Å²) >= 11 is 0. The largest absolute Gasteiger partial charge is 0.324 e. The van der Waals surface area contributed by atoms with Gasteiger partial charge in [-0.1, -0.05) is 30.9 Å². The van der Waals surface area contributed by atoms with Crippen molar-refractivity contribution in [2.75, 3.05) is 0 Å². The van der Waals surface area contributed by atoms with Crippen molar-refractivity contribution in [2.24, 2.45) is 5.73 Å². The third-order valence-corrected chi connectivity index (χ3v) is 1.53. The smallest absolute Gasteiger partial charge is 0.142 e. The molecule has 0 fully saturated rings. The van der Waals surface area contributed by atoms with Crippen molar-refractivity contribution in [3.63, 3.8) is 0 Å². The standard InChI is InChI=1S/C11H13N3/c1-2-3-4-5-6-10-7-8-13-11(9-12)14-10/h2-8H,1,9,12H2/b4-3-,6-5+. The van der Waals surface area contributed by atoms with Crippen LogP contribution in [0.2, 0.25) is 0 Å².